The van der Waals surface area contributed by atoms with Crippen molar-refractivity contribution in [2.75, 3.05) is 18.8 Å². The first-order chi connectivity index (χ1) is 14.6. The highest BCUT2D eigenvalue weighted by Crippen LogP contribution is 2.35. The number of piperidine rings is 1. The quantitative estimate of drug-likeness (QED) is 0.611. The minimum absolute atomic E-state index is 0.158. The van der Waals surface area contributed by atoms with Crippen LogP contribution in [0.5, 0.6) is 0 Å². The molecule has 2 aromatic heterocycles. The number of carbonyl (C=O) groups is 1. The van der Waals surface area contributed by atoms with Crippen molar-refractivity contribution in [1.29, 1.82) is 0 Å². The molecule has 0 atom stereocenters. The summed E-state index contributed by atoms with van der Waals surface area (Å²) in [5, 5.41) is 1.17. The van der Waals surface area contributed by atoms with Crippen LogP contribution in [0.4, 0.5) is 10.6 Å². The minimum Gasteiger partial charge on any atom is -0.444 e. The van der Waals surface area contributed by atoms with E-state index in [4.69, 9.17) is 33.7 Å². The number of pyridine rings is 1. The number of hydrogen-bond donors (Lipinski definition) is 1. The molecule has 1 fully saturated rings. The third-order valence-corrected chi connectivity index (χ3v) is 6.08. The third kappa shape index (κ3) is 6.63. The lowest BCUT2D eigenvalue weighted by atomic mass is 9.97. The number of hydrogen-bond acceptors (Lipinski definition) is 7. The summed E-state index contributed by atoms with van der Waals surface area (Å²) < 4.78 is 5.43. The smallest absolute Gasteiger partial charge is 0.410 e. The predicted octanol–water partition coefficient (Wildman–Crippen LogP) is 4.91. The summed E-state index contributed by atoms with van der Waals surface area (Å²) in [4.78, 5) is 27.1. The molecule has 0 bridgehead atoms. The Labute approximate surface area is 196 Å². The standard InChI is InChI=1S/C21H23Cl2N5O2S/c1-21(2,3)30-20(29)28-10-7-13(8-11-28)4-5-14-17(23)15(6-9-25-14)31-19-18(24)27-16(22)12-26-19/h6,9,12-13H,7-8,10-11H2,1-3H3,(H2,24,27). The van der Waals surface area contributed by atoms with Crippen LogP contribution >= 0.6 is 35.0 Å². The van der Waals surface area contributed by atoms with Gasteiger partial charge in [0, 0.05) is 30.1 Å². The number of nitrogen functional groups attached to an aromatic ring is 1. The summed E-state index contributed by atoms with van der Waals surface area (Å²) in [6.45, 7) is 6.81. The van der Waals surface area contributed by atoms with Crippen molar-refractivity contribution >= 4 is 46.9 Å². The van der Waals surface area contributed by atoms with Gasteiger partial charge in [-0.1, -0.05) is 40.9 Å². The van der Waals surface area contributed by atoms with Gasteiger partial charge in [0.15, 0.2) is 5.82 Å². The largest absolute Gasteiger partial charge is 0.444 e. The van der Waals surface area contributed by atoms with Crippen LogP contribution in [-0.2, 0) is 4.74 Å². The number of ether oxygens (including phenoxy) is 1. The first-order valence-corrected chi connectivity index (χ1v) is 11.3. The van der Waals surface area contributed by atoms with Gasteiger partial charge in [-0.25, -0.2) is 19.7 Å². The zero-order chi connectivity index (χ0) is 22.6. The van der Waals surface area contributed by atoms with Crippen molar-refractivity contribution in [3.63, 3.8) is 0 Å². The molecule has 0 aliphatic carbocycles. The Bertz CT molecular complexity index is 1020. The van der Waals surface area contributed by atoms with E-state index < -0.39 is 5.60 Å². The molecule has 3 heterocycles. The lowest BCUT2D eigenvalue weighted by molar-refractivity contribution is 0.0199. The molecular formula is C21H23Cl2N5O2S. The molecule has 10 heteroatoms. The first kappa shape index (κ1) is 23.5. The van der Waals surface area contributed by atoms with Gasteiger partial charge >= 0.3 is 6.09 Å². The summed E-state index contributed by atoms with van der Waals surface area (Å²) in [7, 11) is 0. The molecule has 1 aliphatic heterocycles. The van der Waals surface area contributed by atoms with E-state index in [9.17, 15) is 4.79 Å². The van der Waals surface area contributed by atoms with E-state index in [-0.39, 0.29) is 23.0 Å². The zero-order valence-corrected chi connectivity index (χ0v) is 19.8. The van der Waals surface area contributed by atoms with Gasteiger partial charge in [0.2, 0.25) is 0 Å². The van der Waals surface area contributed by atoms with Crippen LogP contribution in [-0.4, -0.2) is 44.6 Å². The van der Waals surface area contributed by atoms with E-state index in [0.29, 0.717) is 28.8 Å². The van der Waals surface area contributed by atoms with E-state index in [1.165, 1.54) is 18.0 Å². The fourth-order valence-electron chi connectivity index (χ4n) is 2.85. The van der Waals surface area contributed by atoms with Gasteiger partial charge in [-0.2, -0.15) is 0 Å². The molecule has 164 valence electrons. The number of aromatic nitrogens is 3. The first-order valence-electron chi connectivity index (χ1n) is 9.72. The van der Waals surface area contributed by atoms with Gasteiger partial charge in [0.25, 0.3) is 0 Å². The van der Waals surface area contributed by atoms with E-state index in [0.717, 1.165) is 17.7 Å². The number of amides is 1. The van der Waals surface area contributed by atoms with Crippen LogP contribution in [0.1, 0.15) is 39.3 Å². The molecule has 0 aromatic carbocycles. The summed E-state index contributed by atoms with van der Waals surface area (Å²) in [5.41, 5.74) is 5.87. The van der Waals surface area contributed by atoms with Crippen molar-refractivity contribution in [1.82, 2.24) is 19.9 Å². The van der Waals surface area contributed by atoms with Gasteiger partial charge < -0.3 is 15.4 Å². The molecule has 7 nitrogen and oxygen atoms in total. The van der Waals surface area contributed by atoms with Crippen LogP contribution in [0.2, 0.25) is 10.2 Å². The molecule has 0 radical (unpaired) electrons. The van der Waals surface area contributed by atoms with Crippen LogP contribution in [0, 0.1) is 17.8 Å². The Morgan fingerprint density at radius 1 is 1.29 bits per heavy atom. The second-order valence-corrected chi connectivity index (χ2v) is 9.76. The number of likely N-dealkylation sites (tertiary alicyclic amines) is 1. The number of rotatable bonds is 2. The summed E-state index contributed by atoms with van der Waals surface area (Å²) in [6, 6.07) is 1.77. The Hall–Kier alpha value is -2.21. The molecule has 0 spiro atoms. The molecule has 2 N–H and O–H groups in total. The van der Waals surface area contributed by atoms with Gasteiger partial charge in [-0.15, -0.1) is 0 Å². The highest BCUT2D eigenvalue weighted by atomic mass is 35.5. The number of anilines is 1. The molecule has 3 rings (SSSR count). The Morgan fingerprint density at radius 3 is 2.65 bits per heavy atom. The molecule has 31 heavy (non-hydrogen) atoms. The summed E-state index contributed by atoms with van der Waals surface area (Å²) in [6.07, 6.45) is 4.34. The number of carbonyl (C=O) groups excluding carboxylic acids is 1. The number of nitrogens with zero attached hydrogens (tertiary/aromatic N) is 4. The normalized spacial score (nSPS) is 14.7. The highest BCUT2D eigenvalue weighted by molar-refractivity contribution is 7.99. The van der Waals surface area contributed by atoms with Gasteiger partial charge in [0.1, 0.15) is 21.5 Å². The second kappa shape index (κ2) is 9.94. The molecule has 1 aliphatic rings. The van der Waals surface area contributed by atoms with Crippen molar-refractivity contribution < 1.29 is 9.53 Å². The summed E-state index contributed by atoms with van der Waals surface area (Å²) >= 11 is 13.6. The third-order valence-electron chi connectivity index (χ3n) is 4.34. The Balaban J connectivity index is 1.64. The van der Waals surface area contributed by atoms with Gasteiger partial charge in [-0.05, 0) is 45.6 Å². The lowest BCUT2D eigenvalue weighted by Gasteiger charge is -2.31. The van der Waals surface area contributed by atoms with E-state index in [2.05, 4.69) is 26.8 Å². The zero-order valence-electron chi connectivity index (χ0n) is 17.5. The maximum atomic E-state index is 12.2. The molecule has 2 aromatic rings. The van der Waals surface area contributed by atoms with Crippen LogP contribution in [0.3, 0.4) is 0 Å². The van der Waals surface area contributed by atoms with Crippen LogP contribution < -0.4 is 5.73 Å². The molecule has 1 saturated heterocycles. The fraction of sp³-hybridized carbons (Fsp3) is 0.429. The second-order valence-electron chi connectivity index (χ2n) is 7.97. The van der Waals surface area contributed by atoms with Crippen LogP contribution in [0.25, 0.3) is 0 Å². The number of nitrogens with two attached hydrogens (primary N) is 1. The van der Waals surface area contributed by atoms with Crippen molar-refractivity contribution in [2.24, 2.45) is 5.92 Å². The van der Waals surface area contributed by atoms with Gasteiger partial charge in [0.05, 0.1) is 11.2 Å². The SMILES string of the molecule is CC(C)(C)OC(=O)N1CCC(C#Cc2nccc(Sc3ncc(Cl)nc3N)c2Cl)CC1. The van der Waals surface area contributed by atoms with E-state index >= 15 is 0 Å². The Kier molecular flexibility index (Phi) is 7.52. The molecule has 1 amide bonds. The molecular weight excluding hydrogens is 457 g/mol. The highest BCUT2D eigenvalue weighted by Gasteiger charge is 2.26. The Morgan fingerprint density at radius 2 is 2.00 bits per heavy atom. The minimum atomic E-state index is -0.499. The topological polar surface area (TPSA) is 94.2 Å². The van der Waals surface area contributed by atoms with Gasteiger partial charge in [-0.3, -0.25) is 0 Å². The molecule has 0 unspecified atom stereocenters. The van der Waals surface area contributed by atoms with Crippen molar-refractivity contribution in [3.05, 3.63) is 34.3 Å². The number of halogens is 2. The average Bonchev–Trinajstić information content (AvgIpc) is 2.69. The average molecular weight is 480 g/mol. The monoisotopic (exact) mass is 479 g/mol. The van der Waals surface area contributed by atoms with Crippen molar-refractivity contribution in [3.8, 4) is 11.8 Å². The fourth-order valence-corrected chi connectivity index (χ4v) is 4.04. The van der Waals surface area contributed by atoms with E-state index in [1.54, 1.807) is 17.2 Å². The van der Waals surface area contributed by atoms with Crippen LogP contribution in [0.15, 0.2) is 28.4 Å². The maximum Gasteiger partial charge on any atom is 0.410 e. The predicted molar refractivity (Wildman–Crippen MR) is 122 cm³/mol. The lowest BCUT2D eigenvalue weighted by Crippen LogP contribution is -2.41. The maximum absolute atomic E-state index is 12.2. The summed E-state index contributed by atoms with van der Waals surface area (Å²) in [5.74, 6) is 6.72. The van der Waals surface area contributed by atoms with E-state index in [1.807, 2.05) is 20.8 Å². The molecule has 0 saturated carbocycles. The van der Waals surface area contributed by atoms with Crippen molar-refractivity contribution in [2.45, 2.75) is 49.1 Å².